The molecule has 0 unspecified atom stereocenters. The van der Waals surface area contributed by atoms with Crippen LogP contribution in [0.4, 0.5) is 5.69 Å². The molecule has 0 fully saturated rings. The van der Waals surface area contributed by atoms with Gasteiger partial charge < -0.3 is 11.1 Å². The van der Waals surface area contributed by atoms with Crippen LogP contribution in [0, 0.1) is 5.41 Å². The number of nitrogens with two attached hydrogens (primary N) is 2. The topological polar surface area (TPSA) is 98.2 Å². The van der Waals surface area contributed by atoms with Gasteiger partial charge >= 0.3 is 0 Å². The van der Waals surface area contributed by atoms with Crippen LogP contribution in [0.3, 0.4) is 0 Å². The fourth-order valence-corrected chi connectivity index (χ4v) is 1.98. The van der Waals surface area contributed by atoms with E-state index in [1.165, 1.54) is 6.07 Å². The van der Waals surface area contributed by atoms with Gasteiger partial charge in [-0.25, -0.2) is 13.6 Å². The standard InChI is InChI=1S/C11H19N3O2S/c1-11(2,7-12)8-14-9-5-3-4-6-10(9)17(13,15)16/h3-6,14H,7-8,12H2,1-2H3,(H2,13,15,16). The molecule has 0 radical (unpaired) electrons. The van der Waals surface area contributed by atoms with E-state index in [0.29, 0.717) is 18.8 Å². The number of sulfonamides is 1. The first kappa shape index (κ1) is 14.0. The normalized spacial score (nSPS) is 12.5. The molecule has 0 aliphatic carbocycles. The van der Waals surface area contributed by atoms with Crippen LogP contribution < -0.4 is 16.2 Å². The Balaban J connectivity index is 2.93. The van der Waals surface area contributed by atoms with Crippen molar-refractivity contribution in [2.24, 2.45) is 16.3 Å². The van der Waals surface area contributed by atoms with E-state index in [1.54, 1.807) is 18.2 Å². The van der Waals surface area contributed by atoms with E-state index in [9.17, 15) is 8.42 Å². The summed E-state index contributed by atoms with van der Waals surface area (Å²) in [7, 11) is -3.70. The van der Waals surface area contributed by atoms with E-state index in [2.05, 4.69) is 5.32 Å². The summed E-state index contributed by atoms with van der Waals surface area (Å²) >= 11 is 0. The lowest BCUT2D eigenvalue weighted by Gasteiger charge is -2.24. The second-order valence-corrected chi connectivity index (χ2v) is 6.29. The Labute approximate surface area is 102 Å². The number of nitrogens with one attached hydrogen (secondary N) is 1. The highest BCUT2D eigenvalue weighted by atomic mass is 32.2. The molecule has 1 aromatic rings. The SMILES string of the molecule is CC(C)(CN)CNc1ccccc1S(N)(=O)=O. The van der Waals surface area contributed by atoms with E-state index >= 15 is 0 Å². The molecule has 17 heavy (non-hydrogen) atoms. The largest absolute Gasteiger partial charge is 0.383 e. The molecule has 0 spiro atoms. The van der Waals surface area contributed by atoms with Gasteiger partial charge in [0.15, 0.2) is 0 Å². The van der Waals surface area contributed by atoms with Gasteiger partial charge in [-0.1, -0.05) is 26.0 Å². The molecule has 0 saturated heterocycles. The fourth-order valence-electron chi connectivity index (χ4n) is 1.27. The van der Waals surface area contributed by atoms with Crippen LogP contribution in [-0.4, -0.2) is 21.5 Å². The van der Waals surface area contributed by atoms with Crippen LogP contribution in [0.2, 0.25) is 0 Å². The average Bonchev–Trinajstić information content (AvgIpc) is 2.26. The zero-order valence-corrected chi connectivity index (χ0v) is 10.9. The van der Waals surface area contributed by atoms with Crippen molar-refractivity contribution in [3.8, 4) is 0 Å². The first-order chi connectivity index (χ1) is 7.76. The van der Waals surface area contributed by atoms with Crippen LogP contribution in [0.1, 0.15) is 13.8 Å². The molecule has 1 aromatic carbocycles. The molecule has 5 N–H and O–H groups in total. The minimum Gasteiger partial charge on any atom is -0.383 e. The van der Waals surface area contributed by atoms with E-state index in [4.69, 9.17) is 10.9 Å². The number of rotatable bonds is 5. The summed E-state index contributed by atoms with van der Waals surface area (Å²) in [5.41, 5.74) is 6.02. The van der Waals surface area contributed by atoms with Crippen molar-refractivity contribution in [3.63, 3.8) is 0 Å². The second-order valence-electron chi connectivity index (χ2n) is 4.76. The lowest BCUT2D eigenvalue weighted by Crippen LogP contribution is -2.31. The molecular weight excluding hydrogens is 238 g/mol. The number of benzene rings is 1. The molecule has 96 valence electrons. The Hall–Kier alpha value is -1.11. The minimum absolute atomic E-state index is 0.104. The fraction of sp³-hybridized carbons (Fsp3) is 0.455. The summed E-state index contributed by atoms with van der Waals surface area (Å²) in [4.78, 5) is 0.104. The Kier molecular flexibility index (Phi) is 4.13. The molecule has 0 atom stereocenters. The van der Waals surface area contributed by atoms with Gasteiger partial charge in [-0.2, -0.15) is 0 Å². The molecule has 0 aromatic heterocycles. The summed E-state index contributed by atoms with van der Waals surface area (Å²) in [5, 5.41) is 8.21. The van der Waals surface area contributed by atoms with E-state index in [-0.39, 0.29) is 10.3 Å². The lowest BCUT2D eigenvalue weighted by molar-refractivity contribution is 0.405. The van der Waals surface area contributed by atoms with Crippen molar-refractivity contribution < 1.29 is 8.42 Å². The first-order valence-corrected chi connectivity index (χ1v) is 6.87. The maximum atomic E-state index is 11.4. The third kappa shape index (κ3) is 3.99. The Morgan fingerprint density at radius 2 is 1.88 bits per heavy atom. The molecule has 0 aliphatic rings. The van der Waals surface area contributed by atoms with Crippen LogP contribution in [-0.2, 0) is 10.0 Å². The number of para-hydroxylation sites is 1. The van der Waals surface area contributed by atoms with Gasteiger partial charge in [-0.05, 0) is 24.1 Å². The van der Waals surface area contributed by atoms with Gasteiger partial charge in [0.1, 0.15) is 4.90 Å². The van der Waals surface area contributed by atoms with Gasteiger partial charge in [0, 0.05) is 6.54 Å². The molecule has 1 rings (SSSR count). The zero-order chi connectivity index (χ0) is 13.1. The molecule has 0 heterocycles. The monoisotopic (exact) mass is 257 g/mol. The summed E-state index contributed by atoms with van der Waals surface area (Å²) < 4.78 is 22.7. The van der Waals surface area contributed by atoms with Gasteiger partial charge in [0.2, 0.25) is 10.0 Å². The van der Waals surface area contributed by atoms with Crippen molar-refractivity contribution in [2.45, 2.75) is 18.7 Å². The van der Waals surface area contributed by atoms with Gasteiger partial charge in [0.25, 0.3) is 0 Å². The maximum absolute atomic E-state index is 11.4. The third-order valence-corrected chi connectivity index (χ3v) is 3.47. The van der Waals surface area contributed by atoms with E-state index in [0.717, 1.165) is 0 Å². The Bertz CT molecular complexity index is 483. The van der Waals surface area contributed by atoms with Gasteiger partial charge in [-0.15, -0.1) is 0 Å². The molecule has 5 nitrogen and oxygen atoms in total. The highest BCUT2D eigenvalue weighted by Gasteiger charge is 2.18. The molecule has 6 heteroatoms. The van der Waals surface area contributed by atoms with Crippen molar-refractivity contribution in [3.05, 3.63) is 24.3 Å². The predicted molar refractivity (Wildman–Crippen MR) is 69.1 cm³/mol. The van der Waals surface area contributed by atoms with Crippen molar-refractivity contribution in [2.75, 3.05) is 18.4 Å². The number of hydrogen-bond donors (Lipinski definition) is 3. The van der Waals surface area contributed by atoms with E-state index in [1.807, 2.05) is 13.8 Å². The van der Waals surface area contributed by atoms with Gasteiger partial charge in [0.05, 0.1) is 5.69 Å². The maximum Gasteiger partial charge on any atom is 0.240 e. The quantitative estimate of drug-likeness (QED) is 0.724. The van der Waals surface area contributed by atoms with Crippen LogP contribution >= 0.6 is 0 Å². The predicted octanol–water partition coefficient (Wildman–Crippen LogP) is 0.731. The Morgan fingerprint density at radius 1 is 1.29 bits per heavy atom. The first-order valence-electron chi connectivity index (χ1n) is 5.32. The number of anilines is 1. The van der Waals surface area contributed by atoms with Crippen LogP contribution in [0.15, 0.2) is 29.2 Å². The van der Waals surface area contributed by atoms with Crippen molar-refractivity contribution >= 4 is 15.7 Å². The summed E-state index contributed by atoms with van der Waals surface area (Å²) in [6, 6.07) is 6.56. The molecular formula is C11H19N3O2S. The van der Waals surface area contributed by atoms with Crippen molar-refractivity contribution in [1.82, 2.24) is 0 Å². The van der Waals surface area contributed by atoms with Gasteiger partial charge in [-0.3, -0.25) is 0 Å². The molecule has 0 saturated carbocycles. The smallest absolute Gasteiger partial charge is 0.240 e. The summed E-state index contributed by atoms with van der Waals surface area (Å²) in [5.74, 6) is 0. The molecule has 0 aliphatic heterocycles. The minimum atomic E-state index is -3.70. The number of primary sulfonamides is 1. The third-order valence-electron chi connectivity index (χ3n) is 2.50. The second kappa shape index (κ2) is 5.03. The molecule has 0 amide bonds. The average molecular weight is 257 g/mol. The highest BCUT2D eigenvalue weighted by molar-refractivity contribution is 7.89. The van der Waals surface area contributed by atoms with Crippen molar-refractivity contribution in [1.29, 1.82) is 0 Å². The zero-order valence-electron chi connectivity index (χ0n) is 10.1. The Morgan fingerprint density at radius 3 is 2.41 bits per heavy atom. The number of hydrogen-bond acceptors (Lipinski definition) is 4. The summed E-state index contributed by atoms with van der Waals surface area (Å²) in [6.45, 7) is 5.09. The van der Waals surface area contributed by atoms with Crippen LogP contribution in [0.25, 0.3) is 0 Å². The van der Waals surface area contributed by atoms with E-state index < -0.39 is 10.0 Å². The molecule has 0 bridgehead atoms. The summed E-state index contributed by atoms with van der Waals surface area (Å²) in [6.07, 6.45) is 0. The van der Waals surface area contributed by atoms with Crippen LogP contribution in [0.5, 0.6) is 0 Å². The lowest BCUT2D eigenvalue weighted by atomic mass is 9.94. The highest BCUT2D eigenvalue weighted by Crippen LogP contribution is 2.21.